The quantitative estimate of drug-likeness (QED) is 0.115. The van der Waals surface area contributed by atoms with Crippen molar-refractivity contribution in [3.63, 3.8) is 0 Å². The van der Waals surface area contributed by atoms with E-state index in [0.717, 1.165) is 45.6 Å². The number of benzene rings is 3. The van der Waals surface area contributed by atoms with Crippen molar-refractivity contribution < 1.29 is 32.2 Å². The molecule has 1 aliphatic carbocycles. The van der Waals surface area contributed by atoms with Gasteiger partial charge in [0.25, 0.3) is 10.0 Å². The normalized spacial score (nSPS) is 15.8. The van der Waals surface area contributed by atoms with Crippen LogP contribution in [0.1, 0.15) is 72.4 Å². The van der Waals surface area contributed by atoms with Crippen molar-refractivity contribution in [2.24, 2.45) is 10.7 Å². The van der Waals surface area contributed by atoms with Gasteiger partial charge in [-0.25, -0.2) is 22.7 Å². The second-order valence-electron chi connectivity index (χ2n) is 12.9. The minimum Gasteiger partial charge on any atom is -0.487 e. The zero-order chi connectivity index (χ0) is 34.8. The van der Waals surface area contributed by atoms with Gasteiger partial charge < -0.3 is 25.3 Å². The number of hydrogen-bond donors (Lipinski definition) is 3. The maximum Gasteiger partial charge on any atom is 0.407 e. The number of amides is 1. The van der Waals surface area contributed by atoms with Crippen molar-refractivity contribution in [1.82, 2.24) is 10.0 Å². The number of methoxy groups -OCH3 is 1. The van der Waals surface area contributed by atoms with E-state index < -0.39 is 28.1 Å². The predicted molar refractivity (Wildman–Crippen MR) is 184 cm³/mol. The third-order valence-corrected chi connectivity index (χ3v) is 10.9. The van der Waals surface area contributed by atoms with Gasteiger partial charge in [0, 0.05) is 12.5 Å². The molecule has 0 bridgehead atoms. The Labute approximate surface area is 282 Å². The smallest absolute Gasteiger partial charge is 0.407 e. The molecule has 0 spiro atoms. The Morgan fingerprint density at radius 3 is 2.27 bits per heavy atom. The molecule has 1 aliphatic heterocycles. The Kier molecular flexibility index (Phi) is 10.0. The highest BCUT2D eigenvalue weighted by molar-refractivity contribution is 7.90. The lowest BCUT2D eigenvalue weighted by atomic mass is 9.88. The summed E-state index contributed by atoms with van der Waals surface area (Å²) in [4.78, 5) is 29.6. The van der Waals surface area contributed by atoms with Crippen LogP contribution in [0.5, 0.6) is 5.75 Å². The molecule has 1 heterocycles. The number of esters is 1. The van der Waals surface area contributed by atoms with Gasteiger partial charge in [-0.2, -0.15) is 0 Å². The van der Waals surface area contributed by atoms with E-state index in [0.29, 0.717) is 24.0 Å². The SMILES string of the molecule is COC(=O)[C@@H](CCCN=C(N)NS(=O)(=O)c1c(C)c(C)c2c(c1C)CCC(C)(C)O2)NC(=O)OCC1c2ccccc2-c2ccccc21. The number of nitrogens with one attached hydrogen (secondary N) is 2. The minimum absolute atomic E-state index is 0.0956. The summed E-state index contributed by atoms with van der Waals surface area (Å²) in [5, 5.41) is 2.60. The fourth-order valence-corrected chi connectivity index (χ4v) is 8.16. The Morgan fingerprint density at radius 1 is 1.02 bits per heavy atom. The summed E-state index contributed by atoms with van der Waals surface area (Å²) in [6, 6.07) is 15.0. The van der Waals surface area contributed by atoms with Gasteiger partial charge in [-0.3, -0.25) is 4.99 Å². The Morgan fingerprint density at radius 2 is 1.65 bits per heavy atom. The van der Waals surface area contributed by atoms with Gasteiger partial charge in [0.15, 0.2) is 0 Å². The van der Waals surface area contributed by atoms with E-state index in [9.17, 15) is 18.0 Å². The molecule has 256 valence electrons. The first-order valence-electron chi connectivity index (χ1n) is 16.1. The van der Waals surface area contributed by atoms with Crippen LogP contribution in [-0.4, -0.2) is 58.3 Å². The minimum atomic E-state index is -4.05. The van der Waals surface area contributed by atoms with Crippen molar-refractivity contribution in [3.05, 3.63) is 81.9 Å². The highest BCUT2D eigenvalue weighted by Gasteiger charge is 2.34. The molecule has 0 aromatic heterocycles. The molecule has 0 radical (unpaired) electrons. The fraction of sp³-hybridized carbons (Fsp3) is 0.417. The van der Waals surface area contributed by atoms with Crippen LogP contribution < -0.4 is 20.5 Å². The number of aliphatic imine (C=N–C) groups is 1. The molecule has 3 aromatic rings. The van der Waals surface area contributed by atoms with E-state index in [1.807, 2.05) is 57.2 Å². The highest BCUT2D eigenvalue weighted by atomic mass is 32.2. The van der Waals surface area contributed by atoms with E-state index in [4.69, 9.17) is 19.9 Å². The van der Waals surface area contributed by atoms with Gasteiger partial charge in [-0.05, 0) is 105 Å². The molecule has 12 heteroatoms. The van der Waals surface area contributed by atoms with E-state index in [2.05, 4.69) is 27.2 Å². The summed E-state index contributed by atoms with van der Waals surface area (Å²) < 4.78 is 46.1. The zero-order valence-corrected chi connectivity index (χ0v) is 29.1. The summed E-state index contributed by atoms with van der Waals surface area (Å²) in [7, 11) is -2.82. The van der Waals surface area contributed by atoms with Crippen LogP contribution >= 0.6 is 0 Å². The molecule has 0 unspecified atom stereocenters. The monoisotopic (exact) mass is 676 g/mol. The number of rotatable bonds is 10. The maximum absolute atomic E-state index is 13.5. The molecule has 0 saturated heterocycles. The van der Waals surface area contributed by atoms with Crippen molar-refractivity contribution >= 4 is 28.0 Å². The molecule has 1 amide bonds. The van der Waals surface area contributed by atoms with E-state index >= 15 is 0 Å². The molecular formula is C36H44N4O7S. The highest BCUT2D eigenvalue weighted by Crippen LogP contribution is 2.45. The molecule has 11 nitrogen and oxygen atoms in total. The summed E-state index contributed by atoms with van der Waals surface area (Å²) in [6.45, 7) is 9.64. The van der Waals surface area contributed by atoms with Crippen LogP contribution in [0.15, 0.2) is 58.4 Å². The molecule has 5 rings (SSSR count). The number of nitrogens with zero attached hydrogens (tertiary/aromatic N) is 1. The molecule has 2 aliphatic rings. The van der Waals surface area contributed by atoms with E-state index in [-0.39, 0.29) is 41.9 Å². The molecule has 0 saturated carbocycles. The van der Waals surface area contributed by atoms with E-state index in [1.54, 1.807) is 13.8 Å². The second kappa shape index (κ2) is 13.9. The van der Waals surface area contributed by atoms with Gasteiger partial charge in [-0.15, -0.1) is 0 Å². The van der Waals surface area contributed by atoms with Crippen LogP contribution in [0, 0.1) is 20.8 Å². The van der Waals surface area contributed by atoms with Crippen LogP contribution in [0.3, 0.4) is 0 Å². The molecular weight excluding hydrogens is 632 g/mol. The summed E-state index contributed by atoms with van der Waals surface area (Å²) >= 11 is 0. The molecule has 1 atom stereocenters. The first kappa shape index (κ1) is 34.7. The van der Waals surface area contributed by atoms with Gasteiger partial charge >= 0.3 is 12.1 Å². The summed E-state index contributed by atoms with van der Waals surface area (Å²) in [5.74, 6) is -0.296. The lowest BCUT2D eigenvalue weighted by Gasteiger charge is -2.35. The molecule has 0 fully saturated rings. The Balaban J connectivity index is 1.18. The maximum atomic E-state index is 13.5. The zero-order valence-electron chi connectivity index (χ0n) is 28.3. The summed E-state index contributed by atoms with van der Waals surface area (Å²) in [5.41, 5.74) is 12.9. The van der Waals surface area contributed by atoms with Crippen LogP contribution in [-0.2, 0) is 30.7 Å². The average Bonchev–Trinajstić information content (AvgIpc) is 3.36. The molecule has 48 heavy (non-hydrogen) atoms. The Bertz CT molecular complexity index is 1820. The van der Waals surface area contributed by atoms with Gasteiger partial charge in [0.2, 0.25) is 5.96 Å². The number of alkyl carbamates (subject to hydrolysis) is 1. The van der Waals surface area contributed by atoms with Gasteiger partial charge in [0.05, 0.1) is 12.0 Å². The van der Waals surface area contributed by atoms with Crippen LogP contribution in [0.2, 0.25) is 0 Å². The third-order valence-electron chi connectivity index (χ3n) is 9.23. The number of carbonyl (C=O) groups excluding carboxylic acids is 2. The van der Waals surface area contributed by atoms with Gasteiger partial charge in [0.1, 0.15) is 24.0 Å². The Hall–Kier alpha value is -4.58. The van der Waals surface area contributed by atoms with Crippen molar-refractivity contribution in [2.75, 3.05) is 20.3 Å². The van der Waals surface area contributed by atoms with Crippen molar-refractivity contribution in [1.29, 1.82) is 0 Å². The topological polar surface area (TPSA) is 158 Å². The number of nitrogens with two attached hydrogens (primary N) is 1. The predicted octanol–water partition coefficient (Wildman–Crippen LogP) is 5.17. The molecule has 3 aromatic carbocycles. The lowest BCUT2D eigenvalue weighted by Crippen LogP contribution is -2.42. The number of carbonyl (C=O) groups is 2. The second-order valence-corrected chi connectivity index (χ2v) is 14.6. The van der Waals surface area contributed by atoms with Crippen molar-refractivity contribution in [2.45, 2.75) is 82.8 Å². The third kappa shape index (κ3) is 7.13. The number of guanidine groups is 1. The largest absolute Gasteiger partial charge is 0.487 e. The van der Waals surface area contributed by atoms with Crippen molar-refractivity contribution in [3.8, 4) is 16.9 Å². The van der Waals surface area contributed by atoms with E-state index in [1.165, 1.54) is 7.11 Å². The van der Waals surface area contributed by atoms with Crippen LogP contribution in [0.25, 0.3) is 11.1 Å². The number of sulfonamides is 1. The first-order valence-corrected chi connectivity index (χ1v) is 17.6. The van der Waals surface area contributed by atoms with Gasteiger partial charge in [-0.1, -0.05) is 48.5 Å². The fourth-order valence-electron chi connectivity index (χ4n) is 6.64. The number of ether oxygens (including phenoxy) is 3. The number of fused-ring (bicyclic) bond motifs is 4. The lowest BCUT2D eigenvalue weighted by molar-refractivity contribution is -0.143. The molecule has 4 N–H and O–H groups in total. The number of hydrogen-bond acceptors (Lipinski definition) is 8. The van der Waals surface area contributed by atoms with Crippen LogP contribution in [0.4, 0.5) is 4.79 Å². The average molecular weight is 677 g/mol. The summed E-state index contributed by atoms with van der Waals surface area (Å²) in [6.07, 6.45) is 1.19. The first-order chi connectivity index (χ1) is 22.7. The standard InChI is InChI=1S/C36H44N4O7S/c1-21-22(2)32(23(3)24-17-18-36(4,5)47-31(21)24)48(43,44)40-34(37)38-19-11-16-30(33(41)45-6)39-35(42)46-20-29-27-14-9-7-12-25(27)26-13-8-10-15-28(26)29/h7-10,12-15,29-30H,11,16-20H2,1-6H3,(H,39,42)(H3,37,38,40)/t30-/m1/s1.